The molecule has 0 spiro atoms. The van der Waals surface area contributed by atoms with Crippen LogP contribution in [-0.2, 0) is 13.0 Å². The molecule has 0 amide bonds. The summed E-state index contributed by atoms with van der Waals surface area (Å²) in [6.45, 7) is 1.08. The lowest BCUT2D eigenvalue weighted by molar-refractivity contribution is -0.696. The van der Waals surface area contributed by atoms with E-state index in [4.69, 9.17) is 0 Å². The van der Waals surface area contributed by atoms with Gasteiger partial charge in [0.05, 0.1) is 6.54 Å². The van der Waals surface area contributed by atoms with Crippen LogP contribution in [0.1, 0.15) is 12.0 Å². The second-order valence-electron chi connectivity index (χ2n) is 3.44. The van der Waals surface area contributed by atoms with E-state index in [1.54, 1.807) is 0 Å². The quantitative estimate of drug-likeness (QED) is 0.637. The lowest BCUT2D eigenvalue weighted by Gasteiger charge is -1.98. The van der Waals surface area contributed by atoms with Gasteiger partial charge in [-0.25, -0.2) is 4.57 Å². The highest BCUT2D eigenvalue weighted by molar-refractivity contribution is 5.14. The van der Waals surface area contributed by atoms with Crippen LogP contribution in [0.15, 0.2) is 49.1 Å². The molecule has 0 aliphatic heterocycles. The van der Waals surface area contributed by atoms with Gasteiger partial charge in [-0.2, -0.15) is 0 Å². The summed E-state index contributed by atoms with van der Waals surface area (Å²) in [6, 6.07) is 10.6. The fraction of sp³-hybridized carbons (Fsp3) is 0.250. The number of nitrogens with one attached hydrogen (secondary N) is 1. The summed E-state index contributed by atoms with van der Waals surface area (Å²) < 4.78 is 2.17. The molecule has 0 saturated carbocycles. The maximum Gasteiger partial charge on any atom is 0.241 e. The fourth-order valence-corrected chi connectivity index (χ4v) is 1.57. The Kier molecular flexibility index (Phi) is 4.91. The Morgan fingerprint density at radius 1 is 1.13 bits per heavy atom. The third-order valence-electron chi connectivity index (χ3n) is 2.33. The molecule has 0 atom stereocenters. The second-order valence-corrected chi connectivity index (χ2v) is 3.44. The average Bonchev–Trinajstić information content (AvgIpc) is 2.72. The number of aryl methyl sites for hydroxylation is 2. The molecule has 2 nitrogen and oxygen atoms in total. The van der Waals surface area contributed by atoms with Gasteiger partial charge in [0, 0.05) is 0 Å². The van der Waals surface area contributed by atoms with E-state index < -0.39 is 0 Å². The Hall–Kier alpha value is -1.28. The molecular formula is C12H15ClN2. The predicted octanol–water partition coefficient (Wildman–Crippen LogP) is -1.06. The van der Waals surface area contributed by atoms with Crippen molar-refractivity contribution in [2.24, 2.45) is 0 Å². The van der Waals surface area contributed by atoms with Crippen molar-refractivity contribution in [2.75, 3.05) is 0 Å². The number of hydrogen-bond acceptors (Lipinski definition) is 0. The normalized spacial score (nSPS) is 9.60. The molecule has 2 rings (SSSR count). The smallest absolute Gasteiger partial charge is 0.241 e. The van der Waals surface area contributed by atoms with Gasteiger partial charge in [0.2, 0.25) is 6.33 Å². The number of aromatic nitrogens is 2. The van der Waals surface area contributed by atoms with Gasteiger partial charge >= 0.3 is 0 Å². The van der Waals surface area contributed by atoms with Crippen molar-refractivity contribution in [3.63, 3.8) is 0 Å². The number of aromatic amines is 1. The van der Waals surface area contributed by atoms with Crippen molar-refractivity contribution in [3.05, 3.63) is 54.6 Å². The first-order valence-corrected chi connectivity index (χ1v) is 5.01. The zero-order valence-electron chi connectivity index (χ0n) is 8.57. The molecule has 0 radical (unpaired) electrons. The number of nitrogens with zero attached hydrogens (tertiary/aromatic N) is 1. The summed E-state index contributed by atoms with van der Waals surface area (Å²) in [5.41, 5.74) is 1.42. The fourth-order valence-electron chi connectivity index (χ4n) is 1.57. The minimum absolute atomic E-state index is 0. The van der Waals surface area contributed by atoms with Crippen LogP contribution in [-0.4, -0.2) is 4.98 Å². The molecule has 80 valence electrons. The summed E-state index contributed by atoms with van der Waals surface area (Å²) in [7, 11) is 0. The Balaban J connectivity index is 0.00000112. The molecule has 0 saturated heterocycles. The minimum atomic E-state index is 0. The lowest BCUT2D eigenvalue weighted by atomic mass is 10.1. The van der Waals surface area contributed by atoms with Gasteiger partial charge in [-0.1, -0.05) is 30.3 Å². The van der Waals surface area contributed by atoms with E-state index in [0.29, 0.717) is 0 Å². The van der Waals surface area contributed by atoms with Crippen molar-refractivity contribution in [2.45, 2.75) is 19.4 Å². The molecule has 15 heavy (non-hydrogen) atoms. The van der Waals surface area contributed by atoms with Crippen LogP contribution in [0, 0.1) is 0 Å². The molecule has 0 aliphatic carbocycles. The van der Waals surface area contributed by atoms with Crippen LogP contribution < -0.4 is 17.0 Å². The first-order chi connectivity index (χ1) is 6.95. The predicted molar refractivity (Wildman–Crippen MR) is 55.8 cm³/mol. The van der Waals surface area contributed by atoms with Crippen LogP contribution in [0.2, 0.25) is 0 Å². The molecule has 0 aliphatic rings. The lowest BCUT2D eigenvalue weighted by Crippen LogP contribution is -3.00. The van der Waals surface area contributed by atoms with E-state index >= 15 is 0 Å². The van der Waals surface area contributed by atoms with Crippen LogP contribution in [0.25, 0.3) is 0 Å². The van der Waals surface area contributed by atoms with Gasteiger partial charge in [-0.15, -0.1) is 0 Å². The van der Waals surface area contributed by atoms with Crippen LogP contribution in [0.4, 0.5) is 0 Å². The van der Waals surface area contributed by atoms with E-state index in [1.807, 2.05) is 12.5 Å². The SMILES string of the molecule is [Cl-].c1ccc(CCC[n+]2cc[nH]c2)cc1. The molecule has 3 heteroatoms. The topological polar surface area (TPSA) is 19.7 Å². The van der Waals surface area contributed by atoms with Crippen molar-refractivity contribution >= 4 is 0 Å². The molecule has 0 fully saturated rings. The van der Waals surface area contributed by atoms with Gasteiger partial charge in [-0.05, 0) is 18.4 Å². The molecule has 0 unspecified atom stereocenters. The van der Waals surface area contributed by atoms with E-state index in [-0.39, 0.29) is 12.4 Å². The van der Waals surface area contributed by atoms with Crippen LogP contribution in [0.3, 0.4) is 0 Å². The molecule has 1 aromatic carbocycles. The third kappa shape index (κ3) is 3.76. The van der Waals surface area contributed by atoms with Crippen molar-refractivity contribution in [3.8, 4) is 0 Å². The number of halogens is 1. The molecular weight excluding hydrogens is 208 g/mol. The average molecular weight is 223 g/mol. The van der Waals surface area contributed by atoms with E-state index in [9.17, 15) is 0 Å². The Morgan fingerprint density at radius 3 is 2.60 bits per heavy atom. The van der Waals surface area contributed by atoms with Crippen molar-refractivity contribution in [1.82, 2.24) is 4.98 Å². The summed E-state index contributed by atoms with van der Waals surface area (Å²) in [6.07, 6.45) is 8.34. The van der Waals surface area contributed by atoms with Gasteiger partial charge < -0.3 is 12.4 Å². The summed E-state index contributed by atoms with van der Waals surface area (Å²) in [5, 5.41) is 0. The molecule has 1 N–H and O–H groups in total. The van der Waals surface area contributed by atoms with Gasteiger partial charge in [0.25, 0.3) is 0 Å². The van der Waals surface area contributed by atoms with Crippen LogP contribution >= 0.6 is 0 Å². The maximum atomic E-state index is 3.04. The van der Waals surface area contributed by atoms with Crippen molar-refractivity contribution in [1.29, 1.82) is 0 Å². The Bertz CT molecular complexity index is 356. The zero-order chi connectivity index (χ0) is 9.64. The number of H-pyrrole nitrogens is 1. The van der Waals surface area contributed by atoms with Gasteiger partial charge in [0.15, 0.2) is 0 Å². The highest BCUT2D eigenvalue weighted by Crippen LogP contribution is 2.01. The maximum absolute atomic E-state index is 3.04. The minimum Gasteiger partial charge on any atom is -1.00 e. The largest absolute Gasteiger partial charge is 1.00 e. The third-order valence-corrected chi connectivity index (χ3v) is 2.33. The number of rotatable bonds is 4. The Labute approximate surface area is 96.4 Å². The first kappa shape index (κ1) is 11.8. The zero-order valence-corrected chi connectivity index (χ0v) is 9.32. The highest BCUT2D eigenvalue weighted by atomic mass is 35.5. The van der Waals surface area contributed by atoms with Gasteiger partial charge in [0.1, 0.15) is 12.4 Å². The van der Waals surface area contributed by atoms with Crippen LogP contribution in [0.5, 0.6) is 0 Å². The standard InChI is InChI=1S/C12H14N2.ClH/c1-2-5-12(6-3-1)7-4-9-14-10-8-13-11-14;/h1-3,5-6,8,10-11H,4,7,9H2;1H. The van der Waals surface area contributed by atoms with E-state index in [2.05, 4.69) is 46.1 Å². The molecule has 2 aromatic rings. The first-order valence-electron chi connectivity index (χ1n) is 5.01. The Morgan fingerprint density at radius 2 is 1.93 bits per heavy atom. The summed E-state index contributed by atoms with van der Waals surface area (Å²) >= 11 is 0. The second kappa shape index (κ2) is 6.25. The summed E-state index contributed by atoms with van der Waals surface area (Å²) in [5.74, 6) is 0. The molecule has 0 bridgehead atoms. The van der Waals surface area contributed by atoms with Gasteiger partial charge in [-0.3, -0.25) is 4.98 Å². The van der Waals surface area contributed by atoms with E-state index in [1.165, 1.54) is 12.0 Å². The van der Waals surface area contributed by atoms with E-state index in [0.717, 1.165) is 13.0 Å². The highest BCUT2D eigenvalue weighted by Gasteiger charge is 1.96. The number of hydrogen-bond donors (Lipinski definition) is 1. The monoisotopic (exact) mass is 222 g/mol. The number of benzene rings is 1. The number of imidazole rings is 1. The molecule has 1 aromatic heterocycles. The van der Waals surface area contributed by atoms with Crippen molar-refractivity contribution < 1.29 is 17.0 Å². The molecule has 1 heterocycles. The summed E-state index contributed by atoms with van der Waals surface area (Å²) in [4.78, 5) is 3.04.